The minimum Gasteiger partial charge on any atom is -0.508 e. The molecule has 4 heterocycles. The molecule has 8 aromatic rings. The Labute approximate surface area is 316 Å². The van der Waals surface area contributed by atoms with Crippen molar-refractivity contribution >= 4 is 32.8 Å². The molecule has 4 aromatic carbocycles. The molecule has 0 unspecified atom stereocenters. The van der Waals surface area contributed by atoms with E-state index < -0.39 is 11.8 Å². The van der Waals surface area contributed by atoms with Gasteiger partial charge in [0.25, 0.3) is 6.33 Å². The molecule has 0 N–H and O–H groups in total. The van der Waals surface area contributed by atoms with Gasteiger partial charge in [-0.1, -0.05) is 113 Å². The van der Waals surface area contributed by atoms with E-state index in [1.807, 2.05) is 103 Å². The molecule has 8 rings (SSSR count). The van der Waals surface area contributed by atoms with Gasteiger partial charge in [0.1, 0.15) is 5.82 Å². The molecule has 4 aromatic heterocycles. The van der Waals surface area contributed by atoms with Gasteiger partial charge in [0, 0.05) is 47.0 Å². The minimum atomic E-state index is -1.54. The van der Waals surface area contributed by atoms with Crippen molar-refractivity contribution in [2.24, 2.45) is 5.41 Å². The van der Waals surface area contributed by atoms with Gasteiger partial charge in [-0.15, -0.1) is 23.6 Å². The van der Waals surface area contributed by atoms with Crippen LogP contribution in [0.1, 0.15) is 55.4 Å². The molecule has 0 radical (unpaired) electrons. The average molecular weight is 851 g/mol. The molecule has 0 saturated heterocycles. The molecule has 0 aliphatic heterocycles. The SMILES string of the molecule is [2H]C([2H])(c1cccc(-[n+]2[c-]n(-c3[c-]c(Oc4[c-]c5c(cc4)c4ccccc4n5-c4cc(C(C)(C)C)ccn4)cnc3)c3ccccc32)c1)C(C)(C)C.[Pt]. The predicted molar refractivity (Wildman–Crippen MR) is 200 cm³/mol. The zero-order valence-corrected chi connectivity index (χ0v) is 31.7. The quantitative estimate of drug-likeness (QED) is 0.124. The molecule has 258 valence electrons. The van der Waals surface area contributed by atoms with Crippen LogP contribution < -0.4 is 9.30 Å². The third kappa shape index (κ3) is 6.73. The fourth-order valence-corrected chi connectivity index (χ4v) is 6.42. The third-order valence-electron chi connectivity index (χ3n) is 8.69. The summed E-state index contributed by atoms with van der Waals surface area (Å²) in [5.74, 6) is 1.78. The van der Waals surface area contributed by atoms with Crippen molar-refractivity contribution in [3.63, 3.8) is 0 Å². The minimum absolute atomic E-state index is 0. The van der Waals surface area contributed by atoms with Gasteiger partial charge in [-0.3, -0.25) is 4.57 Å². The van der Waals surface area contributed by atoms with Crippen molar-refractivity contribution in [1.82, 2.24) is 19.1 Å². The largest absolute Gasteiger partial charge is 0.508 e. The number of pyridine rings is 2. The van der Waals surface area contributed by atoms with Crippen LogP contribution >= 0.6 is 0 Å². The Morgan fingerprint density at radius 3 is 2.37 bits per heavy atom. The van der Waals surface area contributed by atoms with Gasteiger partial charge in [-0.05, 0) is 70.4 Å². The summed E-state index contributed by atoms with van der Waals surface area (Å²) in [6.07, 6.45) is 7.18. The Kier molecular flexibility index (Phi) is 8.28. The van der Waals surface area contributed by atoms with Gasteiger partial charge < -0.3 is 18.9 Å². The van der Waals surface area contributed by atoms with Crippen LogP contribution in [0.4, 0.5) is 0 Å². The van der Waals surface area contributed by atoms with Gasteiger partial charge in [-0.25, -0.2) is 4.98 Å². The predicted octanol–water partition coefficient (Wildman–Crippen LogP) is 9.87. The molecule has 0 atom stereocenters. The maximum atomic E-state index is 8.86. The molecular formula is C44H39N5OPt-2. The van der Waals surface area contributed by atoms with Gasteiger partial charge in [-0.2, -0.15) is 6.07 Å². The van der Waals surface area contributed by atoms with Crippen LogP contribution in [0.3, 0.4) is 0 Å². The first-order chi connectivity index (χ1) is 24.8. The second-order valence-corrected chi connectivity index (χ2v) is 14.7. The molecule has 0 spiro atoms. The summed E-state index contributed by atoms with van der Waals surface area (Å²) in [7, 11) is 0. The van der Waals surface area contributed by atoms with Crippen LogP contribution in [0.15, 0.2) is 116 Å². The van der Waals surface area contributed by atoms with Crippen LogP contribution in [0, 0.1) is 23.9 Å². The second-order valence-electron chi connectivity index (χ2n) is 14.7. The number of fused-ring (bicyclic) bond motifs is 4. The van der Waals surface area contributed by atoms with Gasteiger partial charge >= 0.3 is 0 Å². The van der Waals surface area contributed by atoms with E-state index in [4.69, 9.17) is 12.5 Å². The number of nitrogens with zero attached hydrogens (tertiary/aromatic N) is 5. The second kappa shape index (κ2) is 13.2. The van der Waals surface area contributed by atoms with E-state index >= 15 is 0 Å². The smallest absolute Gasteiger partial charge is 0.268 e. The normalized spacial score (nSPS) is 12.9. The Morgan fingerprint density at radius 1 is 0.784 bits per heavy atom. The van der Waals surface area contributed by atoms with Crippen molar-refractivity contribution < 1.29 is 33.1 Å². The van der Waals surface area contributed by atoms with Crippen LogP contribution in [-0.4, -0.2) is 19.1 Å². The van der Waals surface area contributed by atoms with Gasteiger partial charge in [0.15, 0.2) is 0 Å². The van der Waals surface area contributed by atoms with Gasteiger partial charge in [0.2, 0.25) is 0 Å². The fourth-order valence-electron chi connectivity index (χ4n) is 6.42. The number of benzene rings is 4. The van der Waals surface area contributed by atoms with Crippen molar-refractivity contribution in [2.45, 2.75) is 53.3 Å². The standard InChI is InChI=1S/C44H39N5O.Pt/c1-43(2,3)26-30-12-11-13-32(22-30)47-29-48(40-17-10-9-16-39(40)47)33-24-35(28-45-27-33)50-34-18-19-37-36-14-7-8-15-38(36)49(41(37)25-34)42-23-31(20-21-46-42)44(4,5)6;/h7-23,27-28H,26H2,1-6H3;/q-2;/i26D2;. The maximum Gasteiger partial charge on any atom is 0.268 e. The number of aromatic nitrogens is 5. The number of para-hydroxylation sites is 3. The number of ether oxygens (including phenoxy) is 1. The monoisotopic (exact) mass is 850 g/mol. The molecule has 0 aliphatic rings. The van der Waals surface area contributed by atoms with E-state index in [0.29, 0.717) is 22.7 Å². The molecule has 51 heavy (non-hydrogen) atoms. The van der Waals surface area contributed by atoms with E-state index in [1.54, 1.807) is 12.4 Å². The molecule has 0 fully saturated rings. The molecule has 7 heteroatoms. The molecule has 0 bridgehead atoms. The molecule has 6 nitrogen and oxygen atoms in total. The molecular weight excluding hydrogens is 810 g/mol. The number of imidazole rings is 1. The van der Waals surface area contributed by atoms with E-state index in [-0.39, 0.29) is 26.5 Å². The van der Waals surface area contributed by atoms with Crippen LogP contribution in [0.2, 0.25) is 0 Å². The van der Waals surface area contributed by atoms with Crippen molar-refractivity contribution in [3.05, 3.63) is 145 Å². The summed E-state index contributed by atoms with van der Waals surface area (Å²) in [5.41, 5.74) is 6.36. The summed E-state index contributed by atoms with van der Waals surface area (Å²) in [6.45, 7) is 12.4. The zero-order valence-electron chi connectivity index (χ0n) is 31.4. The summed E-state index contributed by atoms with van der Waals surface area (Å²) >= 11 is 0. The van der Waals surface area contributed by atoms with Gasteiger partial charge in [0.05, 0.1) is 16.7 Å². The molecule has 0 saturated carbocycles. The van der Waals surface area contributed by atoms with Crippen molar-refractivity contribution in [2.75, 3.05) is 0 Å². The number of rotatable bonds is 6. The first kappa shape index (κ1) is 31.9. The maximum absolute atomic E-state index is 8.86. The van der Waals surface area contributed by atoms with E-state index in [1.165, 1.54) is 5.56 Å². The summed E-state index contributed by atoms with van der Waals surface area (Å²) in [6, 6.07) is 39.1. The van der Waals surface area contributed by atoms with Crippen molar-refractivity contribution in [1.29, 1.82) is 0 Å². The third-order valence-corrected chi connectivity index (χ3v) is 8.69. The molecule has 0 amide bonds. The first-order valence-corrected chi connectivity index (χ1v) is 16.8. The van der Waals surface area contributed by atoms with E-state index in [0.717, 1.165) is 44.3 Å². The fraction of sp³-hybridized carbons (Fsp3) is 0.205. The summed E-state index contributed by atoms with van der Waals surface area (Å²) < 4.78 is 30.1. The Balaban J connectivity index is 0.00000435. The van der Waals surface area contributed by atoms with Crippen LogP contribution in [0.5, 0.6) is 11.5 Å². The topological polar surface area (TPSA) is 48.8 Å². The average Bonchev–Trinajstić information content (AvgIpc) is 3.67. The zero-order chi connectivity index (χ0) is 36.4. The van der Waals surface area contributed by atoms with Crippen LogP contribution in [-0.2, 0) is 32.9 Å². The summed E-state index contributed by atoms with van der Waals surface area (Å²) in [5, 5.41) is 2.17. The Morgan fingerprint density at radius 2 is 1.57 bits per heavy atom. The van der Waals surface area contributed by atoms with E-state index in [2.05, 4.69) is 79.1 Å². The Bertz CT molecular complexity index is 2630. The molecule has 0 aliphatic carbocycles. The summed E-state index contributed by atoms with van der Waals surface area (Å²) in [4.78, 5) is 9.32. The van der Waals surface area contributed by atoms with E-state index in [9.17, 15) is 0 Å². The number of hydrogen-bond acceptors (Lipinski definition) is 3. The van der Waals surface area contributed by atoms with Crippen LogP contribution in [0.25, 0.3) is 50.0 Å². The Hall–Kier alpha value is -5.06. The first-order valence-electron chi connectivity index (χ1n) is 17.8. The number of hydrogen-bond donors (Lipinski definition) is 0. The van der Waals surface area contributed by atoms with Crippen molar-refractivity contribution in [3.8, 4) is 28.7 Å².